The highest BCUT2D eigenvalue weighted by Crippen LogP contribution is 2.34. The number of hydrogen-bond acceptors (Lipinski definition) is 4. The van der Waals surface area contributed by atoms with Crippen LogP contribution in [0.2, 0.25) is 0 Å². The van der Waals surface area contributed by atoms with Gasteiger partial charge in [0.1, 0.15) is 17.5 Å². The maximum absolute atomic E-state index is 12.8. The van der Waals surface area contributed by atoms with E-state index in [0.29, 0.717) is 35.4 Å². The zero-order valence-electron chi connectivity index (χ0n) is 15.5. The summed E-state index contributed by atoms with van der Waals surface area (Å²) in [7, 11) is 0. The molecule has 2 atom stereocenters. The van der Waals surface area contributed by atoms with Gasteiger partial charge in [0.2, 0.25) is 5.91 Å². The van der Waals surface area contributed by atoms with E-state index in [1.807, 2.05) is 13.0 Å². The lowest BCUT2D eigenvalue weighted by Crippen LogP contribution is -2.25. The van der Waals surface area contributed by atoms with Gasteiger partial charge in [-0.1, -0.05) is 6.07 Å². The molecule has 1 aliphatic heterocycles. The summed E-state index contributed by atoms with van der Waals surface area (Å²) < 4.78 is 44.5. The van der Waals surface area contributed by atoms with Gasteiger partial charge in [-0.05, 0) is 42.8 Å². The van der Waals surface area contributed by atoms with Crippen LogP contribution in [0.15, 0.2) is 48.8 Å². The van der Waals surface area contributed by atoms with Crippen molar-refractivity contribution in [2.24, 2.45) is 5.92 Å². The van der Waals surface area contributed by atoms with Gasteiger partial charge in [0.25, 0.3) is 0 Å². The number of alkyl halides is 3. The Morgan fingerprint density at radius 2 is 2.00 bits per heavy atom. The van der Waals surface area contributed by atoms with Crippen molar-refractivity contribution in [3.05, 3.63) is 54.5 Å². The standard InChI is InChI=1S/C21H18F3N3O2/c1-12(15-9-20(28)27-11-15)29-18-8-14(7-17-16(18)3-2-6-25-17)13-4-5-19(26-10-13)21(22,23)24/h2-8,10,12,15H,9,11H2,1H3,(H,27,28)/t12?,15-/m1/s1. The van der Waals surface area contributed by atoms with E-state index < -0.39 is 11.9 Å². The Morgan fingerprint density at radius 3 is 2.66 bits per heavy atom. The second-order valence-corrected chi connectivity index (χ2v) is 7.07. The number of rotatable bonds is 4. The van der Waals surface area contributed by atoms with Crippen molar-refractivity contribution >= 4 is 16.8 Å². The van der Waals surface area contributed by atoms with E-state index in [1.54, 1.807) is 24.4 Å². The zero-order valence-corrected chi connectivity index (χ0v) is 15.5. The minimum absolute atomic E-state index is 0.00144. The maximum atomic E-state index is 12.8. The van der Waals surface area contributed by atoms with Gasteiger partial charge >= 0.3 is 6.18 Å². The first-order valence-corrected chi connectivity index (χ1v) is 9.17. The molecule has 1 amide bonds. The number of nitrogens with zero attached hydrogens (tertiary/aromatic N) is 2. The average molecular weight is 401 g/mol. The molecule has 150 valence electrons. The molecule has 0 aliphatic carbocycles. The monoisotopic (exact) mass is 401 g/mol. The number of nitrogens with one attached hydrogen (secondary N) is 1. The Hall–Kier alpha value is -3.16. The van der Waals surface area contributed by atoms with Gasteiger partial charge in [-0.2, -0.15) is 13.2 Å². The number of fused-ring (bicyclic) bond motifs is 1. The molecule has 3 heterocycles. The van der Waals surface area contributed by atoms with Gasteiger partial charge in [-0.15, -0.1) is 0 Å². The molecule has 1 aromatic carbocycles. The zero-order chi connectivity index (χ0) is 20.6. The van der Waals surface area contributed by atoms with Crippen LogP contribution < -0.4 is 10.1 Å². The molecule has 8 heteroatoms. The molecule has 0 radical (unpaired) electrons. The molecule has 5 nitrogen and oxygen atoms in total. The third-order valence-electron chi connectivity index (χ3n) is 5.06. The fourth-order valence-electron chi connectivity index (χ4n) is 3.40. The van der Waals surface area contributed by atoms with Crippen molar-refractivity contribution in [3.63, 3.8) is 0 Å². The average Bonchev–Trinajstić information content (AvgIpc) is 3.14. The predicted molar refractivity (Wildman–Crippen MR) is 101 cm³/mol. The summed E-state index contributed by atoms with van der Waals surface area (Å²) >= 11 is 0. The van der Waals surface area contributed by atoms with Crippen molar-refractivity contribution in [2.45, 2.75) is 25.6 Å². The Balaban J connectivity index is 1.70. The molecule has 29 heavy (non-hydrogen) atoms. The summed E-state index contributed by atoms with van der Waals surface area (Å²) in [5, 5.41) is 3.59. The topological polar surface area (TPSA) is 64.1 Å². The first kappa shape index (κ1) is 19.2. The van der Waals surface area contributed by atoms with Crippen LogP contribution in [0, 0.1) is 5.92 Å². The van der Waals surface area contributed by atoms with Gasteiger partial charge in [0.15, 0.2) is 0 Å². The van der Waals surface area contributed by atoms with Gasteiger partial charge in [0, 0.05) is 42.2 Å². The largest absolute Gasteiger partial charge is 0.490 e. The van der Waals surface area contributed by atoms with Crippen LogP contribution in [-0.2, 0) is 11.0 Å². The number of carbonyl (C=O) groups is 1. The molecule has 1 aliphatic rings. The molecule has 1 unspecified atom stereocenters. The fourth-order valence-corrected chi connectivity index (χ4v) is 3.40. The van der Waals surface area contributed by atoms with E-state index in [-0.39, 0.29) is 17.9 Å². The highest BCUT2D eigenvalue weighted by molar-refractivity contribution is 5.90. The summed E-state index contributed by atoms with van der Waals surface area (Å²) in [5.41, 5.74) is 0.900. The highest BCUT2D eigenvalue weighted by atomic mass is 19.4. The van der Waals surface area contributed by atoms with Gasteiger partial charge in [-0.25, -0.2) is 0 Å². The Labute approximate surface area is 164 Å². The molecule has 1 fully saturated rings. The van der Waals surface area contributed by atoms with Crippen molar-refractivity contribution in [1.82, 2.24) is 15.3 Å². The Bertz CT molecular complexity index is 1050. The van der Waals surface area contributed by atoms with Crippen molar-refractivity contribution < 1.29 is 22.7 Å². The number of benzene rings is 1. The minimum Gasteiger partial charge on any atom is -0.490 e. The molecule has 2 aromatic heterocycles. The summed E-state index contributed by atoms with van der Waals surface area (Å²) in [4.78, 5) is 19.4. The first-order chi connectivity index (χ1) is 13.8. The number of carbonyl (C=O) groups excluding carboxylic acids is 1. The van der Waals surface area contributed by atoms with Crippen LogP contribution in [0.3, 0.4) is 0 Å². The lowest BCUT2D eigenvalue weighted by molar-refractivity contribution is -0.141. The molecule has 1 saturated heterocycles. The molecule has 0 saturated carbocycles. The number of halogens is 3. The van der Waals surface area contributed by atoms with Gasteiger partial charge < -0.3 is 10.1 Å². The maximum Gasteiger partial charge on any atom is 0.433 e. The lowest BCUT2D eigenvalue weighted by atomic mass is 10.0. The van der Waals surface area contributed by atoms with Gasteiger partial charge in [0.05, 0.1) is 5.52 Å². The van der Waals surface area contributed by atoms with Crippen molar-refractivity contribution in [2.75, 3.05) is 6.54 Å². The van der Waals surface area contributed by atoms with Crippen molar-refractivity contribution in [3.8, 4) is 16.9 Å². The number of amides is 1. The van der Waals surface area contributed by atoms with Crippen molar-refractivity contribution in [1.29, 1.82) is 0 Å². The first-order valence-electron chi connectivity index (χ1n) is 9.17. The van der Waals surface area contributed by atoms with Crippen LogP contribution in [0.4, 0.5) is 13.2 Å². The van der Waals surface area contributed by atoms with Crippen LogP contribution in [0.25, 0.3) is 22.0 Å². The lowest BCUT2D eigenvalue weighted by Gasteiger charge is -2.21. The predicted octanol–water partition coefficient (Wildman–Crippen LogP) is 4.22. The smallest absolute Gasteiger partial charge is 0.433 e. The number of hydrogen-bond donors (Lipinski definition) is 1. The second kappa shape index (κ2) is 7.35. The number of aromatic nitrogens is 2. The number of ether oxygens (including phenoxy) is 1. The molecule has 4 rings (SSSR count). The molecular weight excluding hydrogens is 383 g/mol. The van der Waals surface area contributed by atoms with Crippen LogP contribution in [0.1, 0.15) is 19.0 Å². The SMILES string of the molecule is CC(Oc1cc(-c2ccc(C(F)(F)F)nc2)cc2ncccc12)[C@H]1CNC(=O)C1. The molecule has 3 aromatic rings. The van der Waals surface area contributed by atoms with Gasteiger partial charge in [-0.3, -0.25) is 14.8 Å². The van der Waals surface area contributed by atoms with E-state index in [4.69, 9.17) is 4.74 Å². The fraction of sp³-hybridized carbons (Fsp3) is 0.286. The van der Waals surface area contributed by atoms with E-state index >= 15 is 0 Å². The number of pyridine rings is 2. The van der Waals surface area contributed by atoms with E-state index in [1.165, 1.54) is 12.3 Å². The second-order valence-electron chi connectivity index (χ2n) is 7.07. The summed E-state index contributed by atoms with van der Waals surface area (Å²) in [6, 6.07) is 9.56. The minimum atomic E-state index is -4.49. The highest BCUT2D eigenvalue weighted by Gasteiger charge is 2.32. The Morgan fingerprint density at radius 1 is 1.17 bits per heavy atom. The molecule has 1 N–H and O–H groups in total. The van der Waals surface area contributed by atoms with Crippen LogP contribution in [0.5, 0.6) is 5.75 Å². The summed E-state index contributed by atoms with van der Waals surface area (Å²) in [5.74, 6) is 0.615. The molecular formula is C21H18F3N3O2. The summed E-state index contributed by atoms with van der Waals surface area (Å²) in [6.45, 7) is 2.46. The van der Waals surface area contributed by atoms with E-state index in [2.05, 4.69) is 15.3 Å². The van der Waals surface area contributed by atoms with Crippen LogP contribution >= 0.6 is 0 Å². The van der Waals surface area contributed by atoms with E-state index in [9.17, 15) is 18.0 Å². The molecule has 0 bridgehead atoms. The summed E-state index contributed by atoms with van der Waals surface area (Å²) in [6.07, 6.45) is -1.47. The van der Waals surface area contributed by atoms with Crippen LogP contribution in [-0.4, -0.2) is 28.5 Å². The van der Waals surface area contributed by atoms with E-state index in [0.717, 1.165) is 11.5 Å². The molecule has 0 spiro atoms. The Kier molecular flexibility index (Phi) is 4.86. The third-order valence-corrected chi connectivity index (χ3v) is 5.06. The quantitative estimate of drug-likeness (QED) is 0.711. The normalized spacial score (nSPS) is 17.9. The third kappa shape index (κ3) is 4.01.